The van der Waals surface area contributed by atoms with Crippen LogP contribution in [0.25, 0.3) is 11.4 Å². The van der Waals surface area contributed by atoms with E-state index < -0.39 is 0 Å². The average molecular weight is 385 g/mol. The van der Waals surface area contributed by atoms with E-state index in [1.807, 2.05) is 41.2 Å². The number of hydrogen-bond donors (Lipinski definition) is 2. The van der Waals surface area contributed by atoms with Crippen LogP contribution < -0.4 is 10.6 Å². The molecule has 140 valence electrons. The normalized spacial score (nSPS) is 16.4. The predicted molar refractivity (Wildman–Crippen MR) is 106 cm³/mol. The monoisotopic (exact) mass is 384 g/mol. The fourth-order valence-electron chi connectivity index (χ4n) is 3.05. The molecule has 1 atom stereocenters. The van der Waals surface area contributed by atoms with Gasteiger partial charge in [0.1, 0.15) is 0 Å². The first-order valence-corrected chi connectivity index (χ1v) is 8.74. The molecule has 0 radical (unpaired) electrons. The Kier molecular flexibility index (Phi) is 6.16. The van der Waals surface area contributed by atoms with Crippen molar-refractivity contribution in [3.8, 4) is 11.4 Å². The number of aromatic nitrogens is 4. The Balaban J connectivity index is 0.00000210. The number of rotatable bonds is 4. The number of benzene rings is 1. The molecule has 0 spiro atoms. The molecule has 0 bridgehead atoms. The molecule has 0 saturated carbocycles. The molecule has 1 unspecified atom stereocenters. The largest absolute Gasteiger partial charge is 0.318 e. The van der Waals surface area contributed by atoms with E-state index >= 15 is 0 Å². The zero-order valence-corrected chi connectivity index (χ0v) is 15.5. The first kappa shape index (κ1) is 19.0. The fourth-order valence-corrected chi connectivity index (χ4v) is 3.05. The Morgan fingerprint density at radius 1 is 1.15 bits per heavy atom. The third-order valence-electron chi connectivity index (χ3n) is 4.43. The van der Waals surface area contributed by atoms with Gasteiger partial charge in [-0.2, -0.15) is 5.10 Å². The summed E-state index contributed by atoms with van der Waals surface area (Å²) in [5, 5.41) is 10.6. The molecule has 2 N–H and O–H groups in total. The Morgan fingerprint density at radius 3 is 2.63 bits per heavy atom. The van der Waals surface area contributed by atoms with Crippen LogP contribution in [-0.2, 0) is 0 Å². The lowest BCUT2D eigenvalue weighted by atomic mass is 10.1. The van der Waals surface area contributed by atoms with Crippen LogP contribution in [0.5, 0.6) is 0 Å². The van der Waals surface area contributed by atoms with E-state index in [9.17, 15) is 4.79 Å². The van der Waals surface area contributed by atoms with Crippen LogP contribution in [0, 0.1) is 0 Å². The number of carbonyl (C=O) groups excluding carboxylic acids is 1. The lowest BCUT2D eigenvalue weighted by Crippen LogP contribution is -2.32. The van der Waals surface area contributed by atoms with E-state index in [0.717, 1.165) is 31.5 Å². The summed E-state index contributed by atoms with van der Waals surface area (Å²) in [5.41, 5.74) is 1.87. The molecule has 1 aromatic carbocycles. The highest BCUT2D eigenvalue weighted by Crippen LogP contribution is 2.17. The highest BCUT2D eigenvalue weighted by atomic mass is 35.5. The van der Waals surface area contributed by atoms with Crippen molar-refractivity contribution in [1.82, 2.24) is 25.1 Å². The van der Waals surface area contributed by atoms with Gasteiger partial charge in [0.2, 0.25) is 0 Å². The van der Waals surface area contributed by atoms with Gasteiger partial charge < -0.3 is 10.6 Å². The van der Waals surface area contributed by atoms with Crippen molar-refractivity contribution in [2.45, 2.75) is 18.9 Å². The van der Waals surface area contributed by atoms with Crippen molar-refractivity contribution in [3.63, 3.8) is 0 Å². The van der Waals surface area contributed by atoms with Crippen LogP contribution in [0.3, 0.4) is 0 Å². The summed E-state index contributed by atoms with van der Waals surface area (Å²) in [4.78, 5) is 21.0. The lowest BCUT2D eigenvalue weighted by molar-refractivity contribution is 0.102. The maximum atomic E-state index is 12.4. The summed E-state index contributed by atoms with van der Waals surface area (Å²) in [7, 11) is 0. The molecule has 3 aromatic rings. The Hall–Kier alpha value is -2.77. The van der Waals surface area contributed by atoms with Gasteiger partial charge in [0.25, 0.3) is 5.91 Å². The number of amides is 1. The van der Waals surface area contributed by atoms with Crippen LogP contribution in [0.1, 0.15) is 29.4 Å². The lowest BCUT2D eigenvalue weighted by Gasteiger charge is -2.22. The first-order valence-electron chi connectivity index (χ1n) is 8.74. The number of anilines is 1. The molecule has 1 amide bonds. The molecule has 1 aliphatic heterocycles. The van der Waals surface area contributed by atoms with Gasteiger partial charge in [-0.25, -0.2) is 9.97 Å². The van der Waals surface area contributed by atoms with Crippen molar-refractivity contribution < 1.29 is 4.79 Å². The second-order valence-electron chi connectivity index (χ2n) is 6.30. The van der Waals surface area contributed by atoms with Gasteiger partial charge in [-0.05, 0) is 25.5 Å². The van der Waals surface area contributed by atoms with E-state index in [1.165, 1.54) is 0 Å². The minimum absolute atomic E-state index is 0. The summed E-state index contributed by atoms with van der Waals surface area (Å²) in [6, 6.07) is 11.8. The first-order chi connectivity index (χ1) is 12.8. The number of piperidine rings is 1. The van der Waals surface area contributed by atoms with Crippen molar-refractivity contribution in [2.75, 3.05) is 18.4 Å². The second-order valence-corrected chi connectivity index (χ2v) is 6.30. The molecule has 2 aromatic heterocycles. The molecule has 1 saturated heterocycles. The minimum Gasteiger partial charge on any atom is -0.318 e. The van der Waals surface area contributed by atoms with Crippen molar-refractivity contribution in [2.24, 2.45) is 0 Å². The molecule has 3 heterocycles. The second kappa shape index (κ2) is 8.75. The van der Waals surface area contributed by atoms with E-state index in [1.54, 1.807) is 18.5 Å². The summed E-state index contributed by atoms with van der Waals surface area (Å²) >= 11 is 0. The molecule has 0 aliphatic carbocycles. The zero-order chi connectivity index (χ0) is 17.8. The predicted octanol–water partition coefficient (Wildman–Crippen LogP) is 2.94. The van der Waals surface area contributed by atoms with Crippen LogP contribution >= 0.6 is 12.4 Å². The summed E-state index contributed by atoms with van der Waals surface area (Å²) in [5.74, 6) is 0.362. The molecular formula is C19H21ClN6O. The highest BCUT2D eigenvalue weighted by molar-refractivity contribution is 6.02. The molecule has 1 fully saturated rings. The van der Waals surface area contributed by atoms with Gasteiger partial charge in [-0.1, -0.05) is 30.3 Å². The smallest absolute Gasteiger partial charge is 0.276 e. The molecular weight excluding hydrogens is 364 g/mol. The van der Waals surface area contributed by atoms with E-state index in [2.05, 4.69) is 25.7 Å². The van der Waals surface area contributed by atoms with Crippen LogP contribution in [0.4, 0.5) is 5.69 Å². The van der Waals surface area contributed by atoms with Gasteiger partial charge in [0, 0.05) is 18.3 Å². The number of hydrogen-bond acceptors (Lipinski definition) is 5. The third-order valence-corrected chi connectivity index (χ3v) is 4.43. The van der Waals surface area contributed by atoms with Crippen LogP contribution in [-0.4, -0.2) is 38.7 Å². The summed E-state index contributed by atoms with van der Waals surface area (Å²) < 4.78 is 1.87. The van der Waals surface area contributed by atoms with Crippen LogP contribution in [0.15, 0.2) is 55.0 Å². The summed E-state index contributed by atoms with van der Waals surface area (Å²) in [6.07, 6.45) is 7.27. The molecule has 7 nitrogen and oxygen atoms in total. The highest BCUT2D eigenvalue weighted by Gasteiger charge is 2.18. The van der Waals surface area contributed by atoms with E-state index in [4.69, 9.17) is 0 Å². The van der Waals surface area contributed by atoms with E-state index in [-0.39, 0.29) is 18.3 Å². The maximum Gasteiger partial charge on any atom is 0.276 e. The minimum atomic E-state index is -0.261. The number of nitrogens with zero attached hydrogens (tertiary/aromatic N) is 4. The van der Waals surface area contributed by atoms with Gasteiger partial charge in [-0.15, -0.1) is 12.4 Å². The molecule has 1 aliphatic rings. The van der Waals surface area contributed by atoms with Crippen molar-refractivity contribution in [1.29, 1.82) is 0 Å². The van der Waals surface area contributed by atoms with Gasteiger partial charge in [0.15, 0.2) is 11.5 Å². The van der Waals surface area contributed by atoms with Crippen molar-refractivity contribution in [3.05, 3.63) is 60.7 Å². The molecule has 8 heteroatoms. The van der Waals surface area contributed by atoms with Gasteiger partial charge in [0.05, 0.1) is 24.1 Å². The number of carbonyl (C=O) groups is 1. The Morgan fingerprint density at radius 2 is 1.93 bits per heavy atom. The topological polar surface area (TPSA) is 84.7 Å². The Bertz CT molecular complexity index is 875. The SMILES string of the molecule is Cl.O=C(Nc1cnc(-c2ccccc2)nc1)c1ccn(C2CCCNC2)n1. The number of nitrogens with one attached hydrogen (secondary N) is 2. The Labute approximate surface area is 163 Å². The fraction of sp³-hybridized carbons (Fsp3) is 0.263. The number of halogens is 1. The van der Waals surface area contributed by atoms with Gasteiger partial charge in [-0.3, -0.25) is 9.48 Å². The van der Waals surface area contributed by atoms with E-state index in [0.29, 0.717) is 23.2 Å². The quantitative estimate of drug-likeness (QED) is 0.722. The van der Waals surface area contributed by atoms with Crippen LogP contribution in [0.2, 0.25) is 0 Å². The summed E-state index contributed by atoms with van der Waals surface area (Å²) in [6.45, 7) is 1.93. The van der Waals surface area contributed by atoms with Gasteiger partial charge >= 0.3 is 0 Å². The molecule has 27 heavy (non-hydrogen) atoms. The standard InChI is InChI=1S/C19H20N6O.ClH/c26-19(17-8-10-25(24-17)16-7-4-9-20-13-16)23-15-11-21-18(22-12-15)14-5-2-1-3-6-14;/h1-3,5-6,8,10-12,16,20H,4,7,9,13H2,(H,23,26);1H. The van der Waals surface area contributed by atoms with Crippen molar-refractivity contribution >= 4 is 24.0 Å². The average Bonchev–Trinajstić information content (AvgIpc) is 3.20. The zero-order valence-electron chi connectivity index (χ0n) is 14.7. The molecule has 4 rings (SSSR count). The maximum absolute atomic E-state index is 12.4. The third kappa shape index (κ3) is 4.50.